The summed E-state index contributed by atoms with van der Waals surface area (Å²) in [6.45, 7) is 12.0. The molecule has 19 heteroatoms. The lowest BCUT2D eigenvalue weighted by Gasteiger charge is -2.21. The van der Waals surface area contributed by atoms with E-state index >= 15 is 0 Å². The molecule has 17 nitrogen and oxygen atoms in total. The zero-order valence-corrected chi connectivity index (χ0v) is 68.9. The first-order chi connectivity index (χ1) is 49.3. The molecule has 0 aliphatic rings. The van der Waals surface area contributed by atoms with Gasteiger partial charge in [0.1, 0.15) is 19.3 Å². The Morgan fingerprint density at radius 3 is 0.745 bits per heavy atom. The molecule has 3 unspecified atom stereocenters. The van der Waals surface area contributed by atoms with Crippen LogP contribution in [0.3, 0.4) is 0 Å². The number of aliphatic hydroxyl groups is 1. The Hall–Kier alpha value is -1.94. The van der Waals surface area contributed by atoms with Gasteiger partial charge in [0.15, 0.2) is 12.2 Å². The van der Waals surface area contributed by atoms with E-state index in [4.69, 9.17) is 37.0 Å². The van der Waals surface area contributed by atoms with Crippen molar-refractivity contribution in [3.05, 3.63) is 0 Å². The van der Waals surface area contributed by atoms with Crippen LogP contribution in [0.1, 0.15) is 434 Å². The molecule has 0 aromatic carbocycles. The third-order valence-electron chi connectivity index (χ3n) is 19.7. The number of carbonyl (C=O) groups is 4. The highest BCUT2D eigenvalue weighted by Gasteiger charge is 2.30. The smallest absolute Gasteiger partial charge is 0.462 e. The summed E-state index contributed by atoms with van der Waals surface area (Å²) < 4.78 is 68.8. The molecule has 0 aliphatic carbocycles. The maximum Gasteiger partial charge on any atom is 0.472 e. The molecule has 606 valence electrons. The van der Waals surface area contributed by atoms with Gasteiger partial charge in [-0.05, 0) is 43.4 Å². The summed E-state index contributed by atoms with van der Waals surface area (Å²) in [5.41, 5.74) is 0. The second-order valence-corrected chi connectivity index (χ2v) is 34.0. The number of rotatable bonds is 81. The van der Waals surface area contributed by atoms with Gasteiger partial charge in [-0.3, -0.25) is 37.3 Å². The highest BCUT2D eigenvalue weighted by molar-refractivity contribution is 7.47. The minimum Gasteiger partial charge on any atom is -0.462 e. The van der Waals surface area contributed by atoms with Gasteiger partial charge in [0.25, 0.3) is 0 Å². The predicted molar refractivity (Wildman–Crippen MR) is 418 cm³/mol. The Morgan fingerprint density at radius 2 is 0.500 bits per heavy atom. The maximum absolute atomic E-state index is 13.1. The van der Waals surface area contributed by atoms with E-state index in [1.54, 1.807) is 0 Å². The molecule has 0 aromatic heterocycles. The van der Waals surface area contributed by atoms with E-state index < -0.39 is 97.5 Å². The number of aliphatic hydroxyl groups excluding tert-OH is 1. The zero-order chi connectivity index (χ0) is 75.1. The van der Waals surface area contributed by atoms with Crippen LogP contribution >= 0.6 is 15.6 Å². The predicted octanol–water partition coefficient (Wildman–Crippen LogP) is 24.9. The second kappa shape index (κ2) is 73.2. The summed E-state index contributed by atoms with van der Waals surface area (Å²) in [4.78, 5) is 73.1. The van der Waals surface area contributed by atoms with Crippen molar-refractivity contribution in [3.63, 3.8) is 0 Å². The van der Waals surface area contributed by atoms with Crippen molar-refractivity contribution in [2.45, 2.75) is 452 Å². The Kier molecular flexibility index (Phi) is 71.8. The summed E-state index contributed by atoms with van der Waals surface area (Å²) in [6, 6.07) is 0. The number of unbranched alkanes of at least 4 members (excludes halogenated alkanes) is 48. The van der Waals surface area contributed by atoms with Crippen LogP contribution < -0.4 is 0 Å². The quantitative estimate of drug-likeness (QED) is 0.0222. The van der Waals surface area contributed by atoms with Crippen LogP contribution in [-0.4, -0.2) is 96.7 Å². The number of ether oxygens (including phenoxy) is 4. The molecule has 0 heterocycles. The van der Waals surface area contributed by atoms with E-state index in [1.807, 2.05) is 0 Å². The molecule has 0 rings (SSSR count). The third-order valence-corrected chi connectivity index (χ3v) is 21.6. The second-order valence-electron chi connectivity index (χ2n) is 31.1. The van der Waals surface area contributed by atoms with Crippen LogP contribution in [-0.2, 0) is 65.4 Å². The van der Waals surface area contributed by atoms with Gasteiger partial charge in [0.05, 0.1) is 26.4 Å². The van der Waals surface area contributed by atoms with Crippen molar-refractivity contribution in [1.82, 2.24) is 0 Å². The van der Waals surface area contributed by atoms with Crippen LogP contribution in [0.25, 0.3) is 0 Å². The Bertz CT molecular complexity index is 1980. The normalized spacial score (nSPS) is 14.2. The third kappa shape index (κ3) is 74.9. The molecule has 102 heavy (non-hydrogen) atoms. The molecule has 0 aromatic rings. The minimum atomic E-state index is -4.96. The number of phosphoric acid groups is 2. The molecule has 0 fully saturated rings. The van der Waals surface area contributed by atoms with Gasteiger partial charge in [-0.15, -0.1) is 0 Å². The van der Waals surface area contributed by atoms with Crippen molar-refractivity contribution in [2.75, 3.05) is 39.6 Å². The first kappa shape index (κ1) is 100. The van der Waals surface area contributed by atoms with Crippen molar-refractivity contribution in [3.8, 4) is 0 Å². The molecule has 0 saturated carbocycles. The molecule has 0 bridgehead atoms. The van der Waals surface area contributed by atoms with Gasteiger partial charge in [0.2, 0.25) is 0 Å². The van der Waals surface area contributed by atoms with Crippen molar-refractivity contribution >= 4 is 39.5 Å². The number of esters is 4. The fourth-order valence-electron chi connectivity index (χ4n) is 12.8. The number of hydrogen-bond acceptors (Lipinski definition) is 15. The lowest BCUT2D eigenvalue weighted by molar-refractivity contribution is -0.161. The fourth-order valence-corrected chi connectivity index (χ4v) is 14.4. The maximum atomic E-state index is 13.1. The molecule has 0 spiro atoms. The van der Waals surface area contributed by atoms with Gasteiger partial charge in [-0.1, -0.05) is 382 Å². The first-order valence-electron chi connectivity index (χ1n) is 42.9. The fraction of sp³-hybridized carbons (Fsp3) is 0.952. The molecule has 0 aliphatic heterocycles. The lowest BCUT2D eigenvalue weighted by atomic mass is 9.99. The molecule has 6 atom stereocenters. The largest absolute Gasteiger partial charge is 0.472 e. The summed E-state index contributed by atoms with van der Waals surface area (Å²) in [5, 5.41) is 10.7. The number of hydrogen-bond donors (Lipinski definition) is 3. The molecule has 3 N–H and O–H groups in total. The average molecular weight is 1490 g/mol. The molecular formula is C83H162O17P2. The Labute approximate surface area is 626 Å². The summed E-state index contributed by atoms with van der Waals surface area (Å²) in [7, 11) is -9.93. The summed E-state index contributed by atoms with van der Waals surface area (Å²) in [5.74, 6) is 0.229. The van der Waals surface area contributed by atoms with E-state index in [9.17, 15) is 43.2 Å². The Balaban J connectivity index is 5.26. The SMILES string of the molecule is CCCCCCCCCCCCCCCCCCCCCCC(=O)O[C@H](COC(=O)CCCCCCCCCCCCCCCC(C)C)COP(=O)(O)OC[C@@H](O)COP(=O)(O)OC[C@@H](COC(=O)CCCCCCCCCCCC(C)C)OC(=O)CCCCCCCCCCCCC(C)CC. The standard InChI is InChI=1S/C83H162O17P2/c1-8-10-11-12-13-14-15-16-17-18-19-20-21-22-25-29-37-45-52-59-66-82(87)99-78(70-93-80(85)64-57-50-43-36-28-26-23-24-27-33-40-47-54-61-74(3)4)72-97-101(89,90)95-68-77(84)69-96-102(91,92)98-73-79(71-94-81(86)65-58-51-44-39-32-34-41-48-55-62-75(5)6)100-83(88)67-60-53-46-38-31-30-35-42-49-56-63-76(7)9-2/h74-79,84H,8-73H2,1-7H3,(H,89,90)(H,91,92)/t76?,77-,78-,79-/m1/s1. The van der Waals surface area contributed by atoms with Crippen LogP contribution in [0, 0.1) is 17.8 Å². The van der Waals surface area contributed by atoms with E-state index in [-0.39, 0.29) is 25.7 Å². The summed E-state index contributed by atoms with van der Waals surface area (Å²) >= 11 is 0. The topological polar surface area (TPSA) is 237 Å². The average Bonchev–Trinajstić information content (AvgIpc) is 0.910. The van der Waals surface area contributed by atoms with Gasteiger partial charge >= 0.3 is 39.5 Å². The highest BCUT2D eigenvalue weighted by Crippen LogP contribution is 2.45. The van der Waals surface area contributed by atoms with Gasteiger partial charge in [0, 0.05) is 25.7 Å². The van der Waals surface area contributed by atoms with E-state index in [0.717, 1.165) is 108 Å². The monoisotopic (exact) mass is 1490 g/mol. The van der Waals surface area contributed by atoms with Gasteiger partial charge in [-0.25, -0.2) is 9.13 Å². The lowest BCUT2D eigenvalue weighted by Crippen LogP contribution is -2.30. The van der Waals surface area contributed by atoms with Crippen LogP contribution in [0.2, 0.25) is 0 Å². The number of phosphoric ester groups is 2. The van der Waals surface area contributed by atoms with Crippen LogP contribution in [0.15, 0.2) is 0 Å². The number of carbonyl (C=O) groups excluding carboxylic acids is 4. The van der Waals surface area contributed by atoms with Crippen molar-refractivity contribution in [1.29, 1.82) is 0 Å². The molecule has 0 amide bonds. The first-order valence-corrected chi connectivity index (χ1v) is 45.9. The molecule has 0 saturated heterocycles. The Morgan fingerprint density at radius 1 is 0.284 bits per heavy atom. The van der Waals surface area contributed by atoms with Crippen LogP contribution in [0.4, 0.5) is 0 Å². The van der Waals surface area contributed by atoms with E-state index in [0.29, 0.717) is 25.7 Å². The van der Waals surface area contributed by atoms with Crippen molar-refractivity contribution < 1.29 is 80.2 Å². The highest BCUT2D eigenvalue weighted by atomic mass is 31.2. The summed E-state index contributed by atoms with van der Waals surface area (Å²) in [6.07, 6.45) is 62.4. The molecular weight excluding hydrogens is 1330 g/mol. The van der Waals surface area contributed by atoms with E-state index in [1.165, 1.54) is 244 Å². The van der Waals surface area contributed by atoms with E-state index in [2.05, 4.69) is 48.5 Å². The van der Waals surface area contributed by atoms with Gasteiger partial charge in [-0.2, -0.15) is 0 Å². The minimum absolute atomic E-state index is 0.106. The van der Waals surface area contributed by atoms with Gasteiger partial charge < -0.3 is 33.8 Å². The molecule has 0 radical (unpaired) electrons. The van der Waals surface area contributed by atoms with Crippen molar-refractivity contribution in [2.24, 2.45) is 17.8 Å². The van der Waals surface area contributed by atoms with Crippen LogP contribution in [0.5, 0.6) is 0 Å². The zero-order valence-electron chi connectivity index (χ0n) is 67.1.